The van der Waals surface area contributed by atoms with Crippen LogP contribution < -0.4 is 0 Å². The Labute approximate surface area is 68.0 Å². The summed E-state index contributed by atoms with van der Waals surface area (Å²) in [6, 6.07) is 10.2. The Hall–Kier alpha value is -0.820. The van der Waals surface area contributed by atoms with Crippen LogP contribution in [0.3, 0.4) is 0 Å². The van der Waals surface area contributed by atoms with Crippen LogP contribution in [0.5, 0.6) is 0 Å². The monoisotopic (exact) mass is 149 g/mol. The molecule has 0 N–H and O–H groups in total. The van der Waals surface area contributed by atoms with Gasteiger partial charge in [0.25, 0.3) is 0 Å². The highest BCUT2D eigenvalue weighted by Gasteiger charge is 1.88. The minimum absolute atomic E-state index is 0.713. The molecule has 0 bridgehead atoms. The van der Waals surface area contributed by atoms with E-state index >= 15 is 0 Å². The molecular weight excluding hydrogens is 136 g/mol. The summed E-state index contributed by atoms with van der Waals surface area (Å²) in [6.07, 6.45) is 2.00. The van der Waals surface area contributed by atoms with Gasteiger partial charge in [0.15, 0.2) is 0 Å². The second kappa shape index (κ2) is 4.91. The van der Waals surface area contributed by atoms with Crippen molar-refractivity contribution in [1.82, 2.24) is 0 Å². The summed E-state index contributed by atoms with van der Waals surface area (Å²) < 4.78 is 5.31. The van der Waals surface area contributed by atoms with Gasteiger partial charge in [-0.25, -0.2) is 0 Å². The van der Waals surface area contributed by atoms with Crippen LogP contribution in [0.1, 0.15) is 12.5 Å². The molecule has 1 radical (unpaired) electrons. The summed E-state index contributed by atoms with van der Waals surface area (Å²) in [5.41, 5.74) is 1.23. The van der Waals surface area contributed by atoms with Crippen LogP contribution in [-0.4, -0.2) is 6.61 Å². The number of hydrogen-bond acceptors (Lipinski definition) is 1. The normalized spacial score (nSPS) is 9.91. The van der Waals surface area contributed by atoms with Crippen molar-refractivity contribution in [2.24, 2.45) is 0 Å². The van der Waals surface area contributed by atoms with Gasteiger partial charge in [-0.1, -0.05) is 37.3 Å². The Balaban J connectivity index is 2.28. The summed E-state index contributed by atoms with van der Waals surface area (Å²) in [4.78, 5) is 0. The second-order valence-corrected chi connectivity index (χ2v) is 2.41. The minimum atomic E-state index is 0.713. The van der Waals surface area contributed by atoms with Crippen molar-refractivity contribution in [3.63, 3.8) is 0 Å². The number of rotatable bonds is 4. The third-order valence-corrected chi connectivity index (χ3v) is 1.40. The number of hydrogen-bond donors (Lipinski definition) is 0. The van der Waals surface area contributed by atoms with Crippen LogP contribution in [0.2, 0.25) is 0 Å². The van der Waals surface area contributed by atoms with Gasteiger partial charge >= 0.3 is 0 Å². The van der Waals surface area contributed by atoms with Crippen LogP contribution in [0.25, 0.3) is 0 Å². The summed E-state index contributed by atoms with van der Waals surface area (Å²) in [5, 5.41) is 0. The molecule has 1 nitrogen and oxygen atoms in total. The second-order valence-electron chi connectivity index (χ2n) is 2.41. The number of ether oxygens (including phenoxy) is 1. The zero-order chi connectivity index (χ0) is 7.94. The average molecular weight is 149 g/mol. The van der Waals surface area contributed by atoms with E-state index in [1.54, 1.807) is 0 Å². The van der Waals surface area contributed by atoms with Crippen molar-refractivity contribution in [3.8, 4) is 0 Å². The van der Waals surface area contributed by atoms with Gasteiger partial charge in [-0.2, -0.15) is 0 Å². The predicted octanol–water partition coefficient (Wildman–Crippen LogP) is 2.43. The Morgan fingerprint density at radius 2 is 2.00 bits per heavy atom. The van der Waals surface area contributed by atoms with Crippen molar-refractivity contribution >= 4 is 0 Å². The molecule has 0 aliphatic heterocycles. The van der Waals surface area contributed by atoms with Crippen LogP contribution in [0, 0.1) is 6.42 Å². The summed E-state index contributed by atoms with van der Waals surface area (Å²) >= 11 is 0. The Morgan fingerprint density at radius 1 is 1.27 bits per heavy atom. The lowest BCUT2D eigenvalue weighted by Gasteiger charge is -2.00. The van der Waals surface area contributed by atoms with Gasteiger partial charge < -0.3 is 4.74 Å². The summed E-state index contributed by atoms with van der Waals surface area (Å²) in [7, 11) is 0. The van der Waals surface area contributed by atoms with E-state index < -0.39 is 0 Å². The summed E-state index contributed by atoms with van der Waals surface area (Å²) in [5.74, 6) is 0. The van der Waals surface area contributed by atoms with Gasteiger partial charge in [0, 0.05) is 6.61 Å². The van der Waals surface area contributed by atoms with E-state index in [1.807, 2.05) is 31.5 Å². The molecular formula is C10H13O. The Morgan fingerprint density at radius 3 is 2.64 bits per heavy atom. The van der Waals surface area contributed by atoms with Gasteiger partial charge in [-0.15, -0.1) is 0 Å². The molecule has 1 rings (SSSR count). The van der Waals surface area contributed by atoms with Crippen molar-refractivity contribution in [3.05, 3.63) is 42.3 Å². The lowest BCUT2D eigenvalue weighted by Crippen LogP contribution is -1.93. The van der Waals surface area contributed by atoms with E-state index in [0.29, 0.717) is 6.61 Å². The molecule has 0 aliphatic rings. The fourth-order valence-electron chi connectivity index (χ4n) is 0.869. The SMILES string of the molecule is C[CH]COCc1ccccc1. The van der Waals surface area contributed by atoms with Crippen LogP contribution in [-0.2, 0) is 11.3 Å². The van der Waals surface area contributed by atoms with Gasteiger partial charge in [-0.05, 0) is 12.0 Å². The first-order chi connectivity index (χ1) is 5.43. The largest absolute Gasteiger partial charge is 0.376 e. The number of benzene rings is 1. The van der Waals surface area contributed by atoms with E-state index in [0.717, 1.165) is 6.61 Å². The standard InChI is InChI=1S/C10H13O/c1-2-8-11-9-10-6-4-3-5-7-10/h2-7H,8-9H2,1H3. The third kappa shape index (κ3) is 3.19. The summed E-state index contributed by atoms with van der Waals surface area (Å²) in [6.45, 7) is 3.44. The lowest BCUT2D eigenvalue weighted by atomic mass is 10.2. The first kappa shape index (κ1) is 8.28. The van der Waals surface area contributed by atoms with Gasteiger partial charge in [0.2, 0.25) is 0 Å². The zero-order valence-electron chi connectivity index (χ0n) is 6.79. The highest BCUT2D eigenvalue weighted by molar-refractivity contribution is 5.13. The van der Waals surface area contributed by atoms with Crippen molar-refractivity contribution in [2.45, 2.75) is 13.5 Å². The maximum Gasteiger partial charge on any atom is 0.0717 e. The molecule has 0 heterocycles. The quantitative estimate of drug-likeness (QED) is 0.597. The predicted molar refractivity (Wildman–Crippen MR) is 46.1 cm³/mol. The fraction of sp³-hybridized carbons (Fsp3) is 0.300. The van der Waals surface area contributed by atoms with E-state index in [9.17, 15) is 0 Å². The smallest absolute Gasteiger partial charge is 0.0717 e. The molecule has 59 valence electrons. The molecule has 0 amide bonds. The molecule has 0 atom stereocenters. The van der Waals surface area contributed by atoms with Gasteiger partial charge in [0.1, 0.15) is 0 Å². The maximum atomic E-state index is 5.31. The molecule has 0 spiro atoms. The molecule has 1 aromatic carbocycles. The highest BCUT2D eigenvalue weighted by Crippen LogP contribution is 1.99. The van der Waals surface area contributed by atoms with E-state index in [1.165, 1.54) is 5.56 Å². The Kier molecular flexibility index (Phi) is 3.70. The van der Waals surface area contributed by atoms with Gasteiger partial charge in [-0.3, -0.25) is 0 Å². The molecule has 0 fully saturated rings. The molecule has 0 aromatic heterocycles. The van der Waals surface area contributed by atoms with Crippen LogP contribution in [0.4, 0.5) is 0 Å². The Bertz CT molecular complexity index is 181. The van der Waals surface area contributed by atoms with Crippen molar-refractivity contribution in [2.75, 3.05) is 6.61 Å². The first-order valence-corrected chi connectivity index (χ1v) is 3.83. The molecule has 0 saturated carbocycles. The van der Waals surface area contributed by atoms with Crippen LogP contribution >= 0.6 is 0 Å². The third-order valence-electron chi connectivity index (χ3n) is 1.40. The van der Waals surface area contributed by atoms with E-state index in [-0.39, 0.29) is 0 Å². The molecule has 1 heteroatoms. The lowest BCUT2D eigenvalue weighted by molar-refractivity contribution is 0.140. The van der Waals surface area contributed by atoms with Crippen LogP contribution in [0.15, 0.2) is 30.3 Å². The molecule has 0 unspecified atom stereocenters. The molecule has 1 aromatic rings. The van der Waals surface area contributed by atoms with Gasteiger partial charge in [0.05, 0.1) is 6.61 Å². The van der Waals surface area contributed by atoms with E-state index in [2.05, 4.69) is 12.1 Å². The first-order valence-electron chi connectivity index (χ1n) is 3.83. The van der Waals surface area contributed by atoms with Crippen molar-refractivity contribution < 1.29 is 4.74 Å². The fourth-order valence-corrected chi connectivity index (χ4v) is 0.869. The zero-order valence-corrected chi connectivity index (χ0v) is 6.79. The van der Waals surface area contributed by atoms with Crippen molar-refractivity contribution in [1.29, 1.82) is 0 Å². The molecule has 0 aliphatic carbocycles. The maximum absolute atomic E-state index is 5.31. The van der Waals surface area contributed by atoms with E-state index in [4.69, 9.17) is 4.74 Å². The highest BCUT2D eigenvalue weighted by atomic mass is 16.5. The molecule has 11 heavy (non-hydrogen) atoms. The topological polar surface area (TPSA) is 9.23 Å². The molecule has 0 saturated heterocycles. The average Bonchev–Trinajstić information content (AvgIpc) is 2.07. The minimum Gasteiger partial charge on any atom is -0.376 e.